The van der Waals surface area contributed by atoms with Gasteiger partial charge in [0.1, 0.15) is 0 Å². The molecule has 2 aromatic rings. The van der Waals surface area contributed by atoms with Crippen molar-refractivity contribution in [1.82, 2.24) is 5.32 Å². The molecule has 0 radical (unpaired) electrons. The van der Waals surface area contributed by atoms with Crippen LogP contribution in [-0.4, -0.2) is 12.5 Å². The number of hydrogen-bond donors (Lipinski definition) is 1. The normalized spacial score (nSPS) is 12.0. The van der Waals surface area contributed by atoms with Gasteiger partial charge in [-0.1, -0.05) is 60.1 Å². The van der Waals surface area contributed by atoms with E-state index in [0.717, 1.165) is 5.56 Å². The molecule has 0 aliphatic carbocycles. The highest BCUT2D eigenvalue weighted by Gasteiger charge is 2.18. The summed E-state index contributed by atoms with van der Waals surface area (Å²) in [7, 11) is 0. The van der Waals surface area contributed by atoms with Gasteiger partial charge in [0.15, 0.2) is 18.2 Å². The Hall–Kier alpha value is -1.88. The van der Waals surface area contributed by atoms with Crippen LogP contribution >= 0.6 is 15.9 Å². The van der Waals surface area contributed by atoms with Crippen molar-refractivity contribution < 1.29 is 13.9 Å². The zero-order valence-corrected chi connectivity index (χ0v) is 14.6. The molecule has 0 spiro atoms. The van der Waals surface area contributed by atoms with Gasteiger partial charge in [0, 0.05) is 4.47 Å². The third-order valence-corrected chi connectivity index (χ3v) is 3.89. The Kier molecular flexibility index (Phi) is 6.16. The van der Waals surface area contributed by atoms with E-state index in [9.17, 15) is 9.18 Å². The number of amides is 1. The molecule has 5 heteroatoms. The Morgan fingerprint density at radius 3 is 2.52 bits per heavy atom. The zero-order valence-electron chi connectivity index (χ0n) is 13.1. The topological polar surface area (TPSA) is 38.3 Å². The van der Waals surface area contributed by atoms with E-state index in [1.54, 1.807) is 6.07 Å². The second-order valence-corrected chi connectivity index (χ2v) is 6.48. The minimum absolute atomic E-state index is 0.0594. The molecule has 0 aliphatic heterocycles. The second-order valence-electron chi connectivity index (χ2n) is 5.56. The van der Waals surface area contributed by atoms with Gasteiger partial charge in [0.05, 0.1) is 6.04 Å². The van der Waals surface area contributed by atoms with Crippen molar-refractivity contribution in [1.29, 1.82) is 0 Å². The van der Waals surface area contributed by atoms with E-state index in [1.807, 2.05) is 44.2 Å². The van der Waals surface area contributed by atoms with Gasteiger partial charge in [0.2, 0.25) is 0 Å². The summed E-state index contributed by atoms with van der Waals surface area (Å²) < 4.78 is 19.6. The highest BCUT2D eigenvalue weighted by Crippen LogP contribution is 2.23. The Labute approximate surface area is 144 Å². The van der Waals surface area contributed by atoms with Crippen molar-refractivity contribution in [2.75, 3.05) is 6.61 Å². The lowest BCUT2D eigenvalue weighted by Crippen LogP contribution is -2.35. The fourth-order valence-electron chi connectivity index (χ4n) is 2.25. The third kappa shape index (κ3) is 5.06. The summed E-state index contributed by atoms with van der Waals surface area (Å²) in [5, 5.41) is 2.94. The smallest absolute Gasteiger partial charge is 0.258 e. The molecule has 0 saturated heterocycles. The van der Waals surface area contributed by atoms with Crippen molar-refractivity contribution in [3.63, 3.8) is 0 Å². The Morgan fingerprint density at radius 2 is 1.91 bits per heavy atom. The summed E-state index contributed by atoms with van der Waals surface area (Å²) >= 11 is 3.18. The first kappa shape index (κ1) is 17.5. The highest BCUT2D eigenvalue weighted by atomic mass is 79.9. The van der Waals surface area contributed by atoms with Gasteiger partial charge in [-0.05, 0) is 29.7 Å². The summed E-state index contributed by atoms with van der Waals surface area (Å²) in [4.78, 5) is 12.1. The number of benzene rings is 2. The molecule has 0 bridgehead atoms. The Balaban J connectivity index is 1.97. The third-order valence-electron chi connectivity index (χ3n) is 3.39. The SMILES string of the molecule is CC(C)C(NC(=O)COc1ccc(Br)cc1F)c1ccccc1. The standard InChI is InChI=1S/C18H19BrFNO2/c1-12(2)18(13-6-4-3-5-7-13)21-17(22)11-23-16-9-8-14(19)10-15(16)20/h3-10,12,18H,11H2,1-2H3,(H,21,22). The maximum Gasteiger partial charge on any atom is 0.258 e. The van der Waals surface area contributed by atoms with E-state index >= 15 is 0 Å². The lowest BCUT2D eigenvalue weighted by atomic mass is 9.96. The summed E-state index contributed by atoms with van der Waals surface area (Å²) in [6.45, 7) is 3.84. The predicted octanol–water partition coefficient (Wildman–Crippen LogP) is 4.48. The van der Waals surface area contributed by atoms with Crippen LogP contribution in [0, 0.1) is 11.7 Å². The molecule has 0 aromatic heterocycles. The van der Waals surface area contributed by atoms with Crippen LogP contribution < -0.4 is 10.1 Å². The van der Waals surface area contributed by atoms with Gasteiger partial charge in [-0.3, -0.25) is 4.79 Å². The maximum absolute atomic E-state index is 13.7. The molecule has 2 rings (SSSR count). The summed E-state index contributed by atoms with van der Waals surface area (Å²) in [5.41, 5.74) is 1.03. The molecule has 1 atom stereocenters. The first-order valence-corrected chi connectivity index (χ1v) is 8.19. The van der Waals surface area contributed by atoms with E-state index < -0.39 is 5.82 Å². The minimum atomic E-state index is -0.504. The van der Waals surface area contributed by atoms with E-state index in [2.05, 4.69) is 21.2 Å². The molecule has 1 unspecified atom stereocenters. The number of hydrogen-bond acceptors (Lipinski definition) is 2. The second kappa shape index (κ2) is 8.11. The van der Waals surface area contributed by atoms with Crippen molar-refractivity contribution in [2.45, 2.75) is 19.9 Å². The molecular formula is C18H19BrFNO2. The van der Waals surface area contributed by atoms with Crippen molar-refractivity contribution in [3.05, 3.63) is 64.4 Å². The number of halogens is 2. The van der Waals surface area contributed by atoms with Crippen molar-refractivity contribution in [3.8, 4) is 5.75 Å². The quantitative estimate of drug-likeness (QED) is 0.803. The fraction of sp³-hybridized carbons (Fsp3) is 0.278. The van der Waals surface area contributed by atoms with Gasteiger partial charge in [0.25, 0.3) is 5.91 Å². The van der Waals surface area contributed by atoms with Crippen LogP contribution in [0.1, 0.15) is 25.5 Å². The number of carbonyl (C=O) groups is 1. The summed E-state index contributed by atoms with van der Waals surface area (Å²) in [5.74, 6) is -0.500. The van der Waals surface area contributed by atoms with Gasteiger partial charge in [-0.25, -0.2) is 4.39 Å². The predicted molar refractivity (Wildman–Crippen MR) is 91.8 cm³/mol. The molecule has 1 N–H and O–H groups in total. The van der Waals surface area contributed by atoms with Gasteiger partial charge in [-0.15, -0.1) is 0 Å². The monoisotopic (exact) mass is 379 g/mol. The van der Waals surface area contributed by atoms with Crippen molar-refractivity contribution in [2.24, 2.45) is 5.92 Å². The number of carbonyl (C=O) groups excluding carboxylic acids is 1. The molecule has 3 nitrogen and oxygen atoms in total. The summed E-state index contributed by atoms with van der Waals surface area (Å²) in [6, 6.07) is 14.1. The van der Waals surface area contributed by atoms with Crippen LogP contribution in [-0.2, 0) is 4.79 Å². The Morgan fingerprint density at radius 1 is 1.22 bits per heavy atom. The molecule has 0 fully saturated rings. The zero-order chi connectivity index (χ0) is 16.8. The first-order chi connectivity index (χ1) is 11.0. The van der Waals surface area contributed by atoms with Crippen LogP contribution in [0.15, 0.2) is 53.0 Å². The average Bonchev–Trinajstić information content (AvgIpc) is 2.52. The number of nitrogens with one attached hydrogen (secondary N) is 1. The van der Waals surface area contributed by atoms with Crippen LogP contribution in [0.4, 0.5) is 4.39 Å². The van der Waals surface area contributed by atoms with Gasteiger partial charge < -0.3 is 10.1 Å². The molecular weight excluding hydrogens is 361 g/mol. The van der Waals surface area contributed by atoms with E-state index in [-0.39, 0.29) is 30.2 Å². The lowest BCUT2D eigenvalue weighted by Gasteiger charge is -2.23. The van der Waals surface area contributed by atoms with Crippen LogP contribution in [0.25, 0.3) is 0 Å². The molecule has 0 heterocycles. The molecule has 122 valence electrons. The van der Waals surface area contributed by atoms with Crippen LogP contribution in [0.3, 0.4) is 0 Å². The lowest BCUT2D eigenvalue weighted by molar-refractivity contribution is -0.124. The van der Waals surface area contributed by atoms with Gasteiger partial charge in [-0.2, -0.15) is 0 Å². The molecule has 1 amide bonds. The Bertz CT molecular complexity index is 661. The molecule has 0 saturated carbocycles. The minimum Gasteiger partial charge on any atom is -0.481 e. The van der Waals surface area contributed by atoms with E-state index in [0.29, 0.717) is 4.47 Å². The summed E-state index contributed by atoms with van der Waals surface area (Å²) in [6.07, 6.45) is 0. The maximum atomic E-state index is 13.7. The average molecular weight is 380 g/mol. The largest absolute Gasteiger partial charge is 0.481 e. The van der Waals surface area contributed by atoms with Crippen LogP contribution in [0.2, 0.25) is 0 Å². The van der Waals surface area contributed by atoms with Gasteiger partial charge >= 0.3 is 0 Å². The molecule has 23 heavy (non-hydrogen) atoms. The van der Waals surface area contributed by atoms with E-state index in [1.165, 1.54) is 12.1 Å². The number of rotatable bonds is 6. The van der Waals surface area contributed by atoms with Crippen molar-refractivity contribution >= 4 is 21.8 Å². The first-order valence-electron chi connectivity index (χ1n) is 7.39. The molecule has 2 aromatic carbocycles. The fourth-order valence-corrected chi connectivity index (χ4v) is 2.58. The van der Waals surface area contributed by atoms with E-state index in [4.69, 9.17) is 4.74 Å². The molecule has 0 aliphatic rings. The highest BCUT2D eigenvalue weighted by molar-refractivity contribution is 9.10. The van der Waals surface area contributed by atoms with Crippen LogP contribution in [0.5, 0.6) is 5.75 Å². The number of ether oxygens (including phenoxy) is 1.